The Balaban J connectivity index is 1.11. The average molecular weight is 577 g/mol. The number of likely N-dealkylation sites (tertiary alicyclic amines) is 2. The van der Waals surface area contributed by atoms with Crippen molar-refractivity contribution in [2.45, 2.75) is 69.5 Å². The molecule has 1 aliphatic carbocycles. The van der Waals surface area contributed by atoms with Crippen molar-refractivity contribution in [2.24, 2.45) is 17.1 Å². The standard InChI is InChI=1S/C30H39F3N4O4/c1-28(27(34)40)15-24(38)17-37(28)26(39)22-5-3-21(4-6-22)23-7-8-25(35-16-23)41-18-20-9-13-36(14-10-20)19-29(11-2-12-29)30(31,32)33/h3-8,16,20,24,26,38-39H,2,9-15,17-19H2,1H3,(H2,34,40)/t24-,26?,28+/m1/s1. The van der Waals surface area contributed by atoms with Gasteiger partial charge in [0.05, 0.1) is 18.1 Å². The first-order valence-electron chi connectivity index (χ1n) is 14.3. The highest BCUT2D eigenvalue weighted by Gasteiger charge is 2.58. The van der Waals surface area contributed by atoms with Crippen molar-refractivity contribution in [2.75, 3.05) is 32.8 Å². The number of primary amides is 1. The van der Waals surface area contributed by atoms with Gasteiger partial charge >= 0.3 is 6.18 Å². The predicted octanol–water partition coefficient (Wildman–Crippen LogP) is 3.87. The van der Waals surface area contributed by atoms with E-state index in [2.05, 4.69) is 4.98 Å². The second kappa shape index (κ2) is 11.5. The summed E-state index contributed by atoms with van der Waals surface area (Å²) in [5.41, 5.74) is 5.24. The topological polar surface area (TPSA) is 112 Å². The highest BCUT2D eigenvalue weighted by molar-refractivity contribution is 5.84. The minimum absolute atomic E-state index is 0.112. The fourth-order valence-electron chi connectivity index (χ4n) is 6.42. The predicted molar refractivity (Wildman–Crippen MR) is 147 cm³/mol. The molecule has 3 atom stereocenters. The van der Waals surface area contributed by atoms with Crippen LogP contribution >= 0.6 is 0 Å². The molecule has 1 unspecified atom stereocenters. The number of nitrogens with zero attached hydrogens (tertiary/aromatic N) is 3. The number of β-amino-alcohol motifs (C(OH)–C–C–N with tert-alkyl or cyclic N) is 1. The number of nitrogens with two attached hydrogens (primary N) is 1. The molecule has 8 nitrogen and oxygen atoms in total. The summed E-state index contributed by atoms with van der Waals surface area (Å²) in [6.07, 6.45) is -1.34. The zero-order valence-electron chi connectivity index (χ0n) is 23.3. The van der Waals surface area contributed by atoms with Gasteiger partial charge in [-0.05, 0) is 68.8 Å². The highest BCUT2D eigenvalue weighted by Crippen LogP contribution is 2.53. The van der Waals surface area contributed by atoms with E-state index in [1.807, 2.05) is 23.1 Å². The molecular formula is C30H39F3N4O4. The van der Waals surface area contributed by atoms with E-state index in [4.69, 9.17) is 10.5 Å². The molecule has 3 heterocycles. The quantitative estimate of drug-likeness (QED) is 0.416. The molecule has 2 aliphatic heterocycles. The van der Waals surface area contributed by atoms with Crippen LogP contribution < -0.4 is 10.5 Å². The molecule has 4 N–H and O–H groups in total. The maximum atomic E-state index is 13.5. The third-order valence-corrected chi connectivity index (χ3v) is 9.39. The van der Waals surface area contributed by atoms with E-state index in [1.165, 1.54) is 4.90 Å². The van der Waals surface area contributed by atoms with Crippen molar-refractivity contribution in [3.63, 3.8) is 0 Å². The first-order chi connectivity index (χ1) is 19.4. The lowest BCUT2D eigenvalue weighted by Gasteiger charge is -2.47. The molecule has 3 fully saturated rings. The Kier molecular flexibility index (Phi) is 8.35. The van der Waals surface area contributed by atoms with Crippen LogP contribution in [-0.4, -0.2) is 81.5 Å². The Hall–Kier alpha value is -2.73. The van der Waals surface area contributed by atoms with E-state index in [-0.39, 0.29) is 38.3 Å². The van der Waals surface area contributed by atoms with Crippen molar-refractivity contribution in [3.05, 3.63) is 48.2 Å². The molecule has 41 heavy (non-hydrogen) atoms. The molecule has 224 valence electrons. The number of hydrogen-bond donors (Lipinski definition) is 3. The Morgan fingerprint density at radius 2 is 1.80 bits per heavy atom. The fraction of sp³-hybridized carbons (Fsp3) is 0.600. The summed E-state index contributed by atoms with van der Waals surface area (Å²) in [5, 5.41) is 21.0. The second-order valence-corrected chi connectivity index (χ2v) is 12.2. The van der Waals surface area contributed by atoms with Crippen LogP contribution in [0.2, 0.25) is 0 Å². The number of halogens is 3. The highest BCUT2D eigenvalue weighted by atomic mass is 19.4. The molecular weight excluding hydrogens is 537 g/mol. The Morgan fingerprint density at radius 3 is 2.34 bits per heavy atom. The zero-order valence-corrected chi connectivity index (χ0v) is 23.3. The van der Waals surface area contributed by atoms with Gasteiger partial charge in [0, 0.05) is 37.3 Å². The monoisotopic (exact) mass is 576 g/mol. The maximum absolute atomic E-state index is 13.5. The van der Waals surface area contributed by atoms with Gasteiger partial charge in [0.1, 0.15) is 11.8 Å². The van der Waals surface area contributed by atoms with Gasteiger partial charge in [0.25, 0.3) is 0 Å². The van der Waals surface area contributed by atoms with E-state index in [9.17, 15) is 28.2 Å². The lowest BCUT2D eigenvalue weighted by atomic mass is 9.67. The number of ether oxygens (including phenoxy) is 1. The first-order valence-corrected chi connectivity index (χ1v) is 14.3. The van der Waals surface area contributed by atoms with E-state index in [0.29, 0.717) is 37.6 Å². The number of rotatable bonds is 9. The normalized spacial score (nSPS) is 26.4. The molecule has 5 rings (SSSR count). The van der Waals surface area contributed by atoms with E-state index in [1.54, 1.807) is 31.3 Å². The molecule has 0 bridgehead atoms. The molecule has 3 aliphatic rings. The van der Waals surface area contributed by atoms with Crippen LogP contribution in [0.15, 0.2) is 42.6 Å². The number of benzene rings is 1. The summed E-state index contributed by atoms with van der Waals surface area (Å²) in [4.78, 5) is 19.9. The number of alkyl halides is 3. The van der Waals surface area contributed by atoms with Crippen LogP contribution in [0.1, 0.15) is 57.2 Å². The van der Waals surface area contributed by atoms with Crippen molar-refractivity contribution in [3.8, 4) is 17.0 Å². The van der Waals surface area contributed by atoms with E-state index in [0.717, 1.165) is 24.0 Å². The summed E-state index contributed by atoms with van der Waals surface area (Å²) in [5.74, 6) is 0.182. The minimum Gasteiger partial charge on any atom is -0.477 e. The number of hydrogen-bond acceptors (Lipinski definition) is 7. The van der Waals surface area contributed by atoms with Gasteiger partial charge in [0.15, 0.2) is 0 Å². The molecule has 1 saturated carbocycles. The molecule has 11 heteroatoms. The number of aromatic nitrogens is 1. The smallest absolute Gasteiger partial charge is 0.395 e. The molecule has 1 aromatic carbocycles. The van der Waals surface area contributed by atoms with E-state index >= 15 is 0 Å². The summed E-state index contributed by atoms with van der Waals surface area (Å²) < 4.78 is 46.5. The lowest BCUT2D eigenvalue weighted by Crippen LogP contribution is -2.53. The molecule has 1 amide bonds. The molecule has 2 saturated heterocycles. The zero-order chi connectivity index (χ0) is 29.4. The van der Waals surface area contributed by atoms with Gasteiger partial charge < -0.3 is 25.6 Å². The largest absolute Gasteiger partial charge is 0.477 e. The number of piperidine rings is 1. The van der Waals surface area contributed by atoms with Crippen LogP contribution in [0.5, 0.6) is 5.88 Å². The Bertz CT molecular complexity index is 1200. The minimum atomic E-state index is -4.13. The van der Waals surface area contributed by atoms with Crippen LogP contribution in [-0.2, 0) is 4.79 Å². The average Bonchev–Trinajstić information content (AvgIpc) is 3.24. The van der Waals surface area contributed by atoms with E-state index < -0.39 is 35.4 Å². The summed E-state index contributed by atoms with van der Waals surface area (Å²) >= 11 is 0. The molecule has 0 radical (unpaired) electrons. The second-order valence-electron chi connectivity index (χ2n) is 12.2. The number of carbonyl (C=O) groups excluding carboxylic acids is 1. The van der Waals surface area contributed by atoms with Gasteiger partial charge in [-0.25, -0.2) is 4.98 Å². The lowest BCUT2D eigenvalue weighted by molar-refractivity contribution is -0.256. The Morgan fingerprint density at radius 1 is 1.15 bits per heavy atom. The van der Waals surface area contributed by atoms with Gasteiger partial charge in [-0.15, -0.1) is 0 Å². The fourth-order valence-corrected chi connectivity index (χ4v) is 6.42. The van der Waals surface area contributed by atoms with Crippen molar-refractivity contribution in [1.82, 2.24) is 14.8 Å². The van der Waals surface area contributed by atoms with Crippen molar-refractivity contribution in [1.29, 1.82) is 0 Å². The van der Waals surface area contributed by atoms with Crippen LogP contribution in [0.25, 0.3) is 11.1 Å². The summed E-state index contributed by atoms with van der Waals surface area (Å²) in [7, 11) is 0. The van der Waals surface area contributed by atoms with Gasteiger partial charge in [-0.1, -0.05) is 30.7 Å². The molecule has 0 spiro atoms. The number of carbonyl (C=O) groups is 1. The van der Waals surface area contributed by atoms with Crippen LogP contribution in [0.4, 0.5) is 13.2 Å². The molecule has 1 aromatic heterocycles. The molecule has 2 aromatic rings. The van der Waals surface area contributed by atoms with Crippen molar-refractivity contribution < 1.29 is 32.9 Å². The number of pyridine rings is 1. The van der Waals surface area contributed by atoms with Crippen molar-refractivity contribution >= 4 is 5.91 Å². The Labute approximate surface area is 238 Å². The number of amides is 1. The third kappa shape index (κ3) is 6.09. The van der Waals surface area contributed by atoms with Crippen LogP contribution in [0.3, 0.4) is 0 Å². The summed E-state index contributed by atoms with van der Waals surface area (Å²) in [6, 6.07) is 10.9. The van der Waals surface area contributed by atoms with Gasteiger partial charge in [-0.2, -0.15) is 13.2 Å². The van der Waals surface area contributed by atoms with Gasteiger partial charge in [0.2, 0.25) is 11.8 Å². The van der Waals surface area contributed by atoms with Gasteiger partial charge in [-0.3, -0.25) is 9.69 Å². The number of aliphatic hydroxyl groups is 2. The van der Waals surface area contributed by atoms with Crippen LogP contribution in [0, 0.1) is 11.3 Å². The number of aliphatic hydroxyl groups excluding tert-OH is 2. The first kappa shape index (κ1) is 29.8. The SMILES string of the molecule is C[C@@]1(C(N)=O)C[C@@H](O)CN1C(O)c1ccc(-c2ccc(OCC3CCN(CC4(C(F)(F)F)CCC4)CC3)nc2)cc1. The maximum Gasteiger partial charge on any atom is 0.395 e. The third-order valence-electron chi connectivity index (χ3n) is 9.39. The summed E-state index contributed by atoms with van der Waals surface area (Å²) in [6.45, 7) is 3.68.